The quantitative estimate of drug-likeness (QED) is 0.616. The lowest BCUT2D eigenvalue weighted by Gasteiger charge is -2.21. The number of carboxylic acid groups (broad SMARTS) is 1. The van der Waals surface area contributed by atoms with Crippen LogP contribution < -0.4 is 5.32 Å². The summed E-state index contributed by atoms with van der Waals surface area (Å²) < 4.78 is 15.3. The van der Waals surface area contributed by atoms with E-state index in [1.165, 1.54) is 44.2 Å². The monoisotopic (exact) mass is 420 g/mol. The first-order valence-electron chi connectivity index (χ1n) is 10.5. The van der Waals surface area contributed by atoms with Crippen LogP contribution in [0.15, 0.2) is 18.2 Å². The molecule has 0 unspecified atom stereocenters. The predicted molar refractivity (Wildman–Crippen MR) is 114 cm³/mol. The zero-order chi connectivity index (χ0) is 21.0. The Labute approximate surface area is 177 Å². The van der Waals surface area contributed by atoms with Crippen LogP contribution in [0.4, 0.5) is 4.39 Å². The van der Waals surface area contributed by atoms with E-state index in [1.54, 1.807) is 6.07 Å². The van der Waals surface area contributed by atoms with Gasteiger partial charge < -0.3 is 15.0 Å². The van der Waals surface area contributed by atoms with Gasteiger partial charge in [0.2, 0.25) is 0 Å². The van der Waals surface area contributed by atoms with Gasteiger partial charge in [0.05, 0.1) is 5.56 Å². The molecule has 0 bridgehead atoms. The molecule has 1 fully saturated rings. The van der Waals surface area contributed by atoms with Crippen LogP contribution in [-0.4, -0.2) is 21.7 Å². The highest BCUT2D eigenvalue weighted by molar-refractivity contribution is 6.31. The number of benzene rings is 1. The summed E-state index contributed by atoms with van der Waals surface area (Å²) in [6, 6.07) is 4.76. The maximum absolute atomic E-state index is 13.4. The molecule has 0 atom stereocenters. The lowest BCUT2D eigenvalue weighted by atomic mass is 9.96. The third kappa shape index (κ3) is 5.20. The van der Waals surface area contributed by atoms with Gasteiger partial charge in [-0.15, -0.1) is 0 Å². The Morgan fingerprint density at radius 2 is 1.83 bits per heavy atom. The molecule has 0 aliphatic heterocycles. The van der Waals surface area contributed by atoms with Gasteiger partial charge in [-0.1, -0.05) is 49.8 Å². The lowest BCUT2D eigenvalue weighted by Crippen LogP contribution is -2.30. The van der Waals surface area contributed by atoms with E-state index in [2.05, 4.69) is 5.32 Å². The molecule has 0 radical (unpaired) electrons. The van der Waals surface area contributed by atoms with E-state index in [1.807, 2.05) is 18.4 Å². The number of nitrogens with zero attached hydrogens (tertiary/aromatic N) is 1. The number of halogens is 2. The minimum atomic E-state index is -0.913. The molecule has 0 saturated heterocycles. The Bertz CT molecular complexity index is 870. The van der Waals surface area contributed by atoms with E-state index in [-0.39, 0.29) is 5.82 Å². The standard InChI is InChI=1S/C23H30ClFN2O2/c1-15-20(13-26-19-8-6-4-3-5-7-9-19)22(23(28)29)16(2)27(15)14-17-10-11-18(25)12-21(17)24/h10-12,19,26H,3-9,13-14H2,1-2H3,(H,28,29). The fraction of sp³-hybridized carbons (Fsp3) is 0.522. The molecule has 1 aromatic carbocycles. The number of carbonyl (C=O) groups is 1. The summed E-state index contributed by atoms with van der Waals surface area (Å²) in [6.07, 6.45) is 8.63. The summed E-state index contributed by atoms with van der Waals surface area (Å²) >= 11 is 6.20. The van der Waals surface area contributed by atoms with Crippen molar-refractivity contribution in [2.24, 2.45) is 0 Å². The smallest absolute Gasteiger partial charge is 0.337 e. The summed E-state index contributed by atoms with van der Waals surface area (Å²) in [6.45, 7) is 4.74. The number of aromatic carboxylic acids is 1. The molecule has 4 nitrogen and oxygen atoms in total. The Balaban J connectivity index is 1.84. The van der Waals surface area contributed by atoms with Gasteiger partial charge in [0.15, 0.2) is 0 Å². The second-order valence-corrected chi connectivity index (χ2v) is 8.48. The number of carboxylic acids is 1. The van der Waals surface area contributed by atoms with Gasteiger partial charge in [0, 0.05) is 41.1 Å². The van der Waals surface area contributed by atoms with E-state index in [0.717, 1.165) is 29.7 Å². The average molecular weight is 421 g/mol. The highest BCUT2D eigenvalue weighted by atomic mass is 35.5. The second kappa shape index (κ2) is 9.77. The SMILES string of the molecule is Cc1c(CNC2CCCCCCC2)c(C(=O)O)c(C)n1Cc1ccc(F)cc1Cl. The van der Waals surface area contributed by atoms with Gasteiger partial charge in [0.25, 0.3) is 0 Å². The Kier molecular flexibility index (Phi) is 7.36. The van der Waals surface area contributed by atoms with E-state index < -0.39 is 5.97 Å². The van der Waals surface area contributed by atoms with Crippen LogP contribution in [-0.2, 0) is 13.1 Å². The average Bonchev–Trinajstić information content (AvgIpc) is 2.87. The molecule has 1 aliphatic carbocycles. The maximum Gasteiger partial charge on any atom is 0.337 e. The summed E-state index contributed by atoms with van der Waals surface area (Å²) in [7, 11) is 0. The fourth-order valence-electron chi connectivity index (χ4n) is 4.41. The van der Waals surface area contributed by atoms with E-state index >= 15 is 0 Å². The second-order valence-electron chi connectivity index (χ2n) is 8.07. The van der Waals surface area contributed by atoms with Gasteiger partial charge in [-0.25, -0.2) is 9.18 Å². The van der Waals surface area contributed by atoms with Crippen molar-refractivity contribution in [3.8, 4) is 0 Å². The van der Waals surface area contributed by atoms with Gasteiger partial charge in [-0.2, -0.15) is 0 Å². The molecule has 0 amide bonds. The number of rotatable bonds is 6. The third-order valence-electron chi connectivity index (χ3n) is 6.14. The van der Waals surface area contributed by atoms with Crippen molar-refractivity contribution in [1.82, 2.24) is 9.88 Å². The molecule has 2 aromatic rings. The number of aromatic nitrogens is 1. The predicted octanol–water partition coefficient (Wildman–Crippen LogP) is 5.85. The molecule has 6 heteroatoms. The zero-order valence-corrected chi connectivity index (χ0v) is 18.0. The van der Waals surface area contributed by atoms with Crippen molar-refractivity contribution in [3.63, 3.8) is 0 Å². The molecule has 3 rings (SSSR count). The van der Waals surface area contributed by atoms with Crippen molar-refractivity contribution >= 4 is 17.6 Å². The third-order valence-corrected chi connectivity index (χ3v) is 6.49. The Morgan fingerprint density at radius 3 is 2.45 bits per heavy atom. The molecule has 1 heterocycles. The first-order chi connectivity index (χ1) is 13.9. The summed E-state index contributed by atoms with van der Waals surface area (Å²) in [4.78, 5) is 12.0. The van der Waals surface area contributed by atoms with Gasteiger partial charge in [-0.3, -0.25) is 0 Å². The fourth-order valence-corrected chi connectivity index (χ4v) is 4.64. The number of hydrogen-bond acceptors (Lipinski definition) is 2. The largest absolute Gasteiger partial charge is 0.478 e. The molecule has 2 N–H and O–H groups in total. The molecule has 158 valence electrons. The first kappa shape index (κ1) is 21.8. The number of hydrogen-bond donors (Lipinski definition) is 2. The molecule has 1 aromatic heterocycles. The van der Waals surface area contributed by atoms with Gasteiger partial charge in [0.1, 0.15) is 5.82 Å². The molecular formula is C23H30ClFN2O2. The highest BCUT2D eigenvalue weighted by Gasteiger charge is 2.24. The first-order valence-corrected chi connectivity index (χ1v) is 10.9. The molecule has 29 heavy (non-hydrogen) atoms. The highest BCUT2D eigenvalue weighted by Crippen LogP contribution is 2.27. The van der Waals surface area contributed by atoms with Crippen LogP contribution in [0.5, 0.6) is 0 Å². The zero-order valence-electron chi connectivity index (χ0n) is 17.2. The topological polar surface area (TPSA) is 54.3 Å². The van der Waals surface area contributed by atoms with Crippen LogP contribution in [0.1, 0.15) is 77.8 Å². The van der Waals surface area contributed by atoms with E-state index in [4.69, 9.17) is 11.6 Å². The minimum Gasteiger partial charge on any atom is -0.478 e. The van der Waals surface area contributed by atoms with Crippen molar-refractivity contribution < 1.29 is 14.3 Å². The van der Waals surface area contributed by atoms with Crippen LogP contribution >= 0.6 is 11.6 Å². The van der Waals surface area contributed by atoms with E-state index in [0.29, 0.717) is 35.4 Å². The van der Waals surface area contributed by atoms with Gasteiger partial charge >= 0.3 is 5.97 Å². The summed E-state index contributed by atoms with van der Waals surface area (Å²) in [5, 5.41) is 13.8. The van der Waals surface area contributed by atoms with Crippen molar-refractivity contribution in [2.75, 3.05) is 0 Å². The lowest BCUT2D eigenvalue weighted by molar-refractivity contribution is 0.0694. The normalized spacial score (nSPS) is 15.9. The molecular weight excluding hydrogens is 391 g/mol. The Morgan fingerprint density at radius 1 is 1.17 bits per heavy atom. The van der Waals surface area contributed by atoms with Crippen molar-refractivity contribution in [3.05, 3.63) is 57.1 Å². The van der Waals surface area contributed by atoms with Gasteiger partial charge in [-0.05, 0) is 44.4 Å². The van der Waals surface area contributed by atoms with Crippen LogP contribution in [0.25, 0.3) is 0 Å². The maximum atomic E-state index is 13.4. The summed E-state index contributed by atoms with van der Waals surface area (Å²) in [5.74, 6) is -1.29. The van der Waals surface area contributed by atoms with Crippen molar-refractivity contribution in [2.45, 2.75) is 77.9 Å². The van der Waals surface area contributed by atoms with Crippen molar-refractivity contribution in [1.29, 1.82) is 0 Å². The summed E-state index contributed by atoms with van der Waals surface area (Å²) in [5.41, 5.74) is 3.57. The number of nitrogens with one attached hydrogen (secondary N) is 1. The van der Waals surface area contributed by atoms with Crippen LogP contribution in [0.2, 0.25) is 5.02 Å². The molecule has 1 saturated carbocycles. The van der Waals surface area contributed by atoms with E-state index in [9.17, 15) is 14.3 Å². The van der Waals surface area contributed by atoms with Crippen LogP contribution in [0, 0.1) is 19.7 Å². The molecule has 0 spiro atoms. The van der Waals surface area contributed by atoms with Crippen LogP contribution in [0.3, 0.4) is 0 Å². The minimum absolute atomic E-state index is 0.351. The molecule has 1 aliphatic rings. The Hall–Kier alpha value is -1.85.